The van der Waals surface area contributed by atoms with Gasteiger partial charge in [-0.05, 0) is 0 Å². The number of hydrogen-bond donors (Lipinski definition) is 0. The van der Waals surface area contributed by atoms with Crippen molar-refractivity contribution in [1.29, 1.82) is 0 Å². The Bertz CT molecular complexity index is 8.00. The summed E-state index contributed by atoms with van der Waals surface area (Å²) in [4.78, 5) is 0. The van der Waals surface area contributed by atoms with Crippen LogP contribution in [-0.2, 0) is 12.5 Å². The Morgan fingerprint density at radius 1 is 1.25 bits per heavy atom. The maximum atomic E-state index is 7.83. The van der Waals surface area contributed by atoms with Crippen molar-refractivity contribution in [1.82, 2.24) is 0 Å². The van der Waals surface area contributed by atoms with Crippen LogP contribution in [0.15, 0.2) is 0 Å². The topological polar surface area (TPSA) is 17.1 Å². The van der Waals surface area contributed by atoms with Gasteiger partial charge < -0.3 is 12.4 Å². The van der Waals surface area contributed by atoms with E-state index in [1.165, 1.54) is 0 Å². The van der Waals surface area contributed by atoms with Crippen LogP contribution in [0.5, 0.6) is 0 Å². The molecule has 0 aromatic carbocycles. The first-order valence-electron chi connectivity index (χ1n) is 0.167. The zero-order chi connectivity index (χ0) is 2.00. The first-order valence-corrected chi connectivity index (χ1v) is 0.500. The van der Waals surface area contributed by atoms with E-state index in [1.807, 2.05) is 0 Å². The van der Waals surface area contributed by atoms with Gasteiger partial charge in [0, 0.05) is 0 Å². The molecule has 0 bridgehead atoms. The average Bonchev–Trinajstić information content (AvgIpc) is 1.00. The number of halogens is 1. The van der Waals surface area contributed by atoms with E-state index in [-0.39, 0.29) is 31.3 Å². The van der Waals surface area contributed by atoms with E-state index in [9.17, 15) is 0 Å². The fraction of sp³-hybridized carbons (Fsp3) is 0. The molecule has 0 saturated heterocycles. The first kappa shape index (κ1) is 20.6. The summed E-state index contributed by atoms with van der Waals surface area (Å²) in [6.45, 7) is 0. The quantitative estimate of drug-likeness (QED) is 0.275. The van der Waals surface area contributed by atoms with E-state index in [4.69, 9.17) is 4.21 Å². The Morgan fingerprint density at radius 2 is 1.25 bits per heavy atom. The van der Waals surface area contributed by atoms with Gasteiger partial charge in [-0.2, -0.15) is 4.21 Å². The van der Waals surface area contributed by atoms with Crippen LogP contribution >= 0.6 is 0 Å². The van der Waals surface area contributed by atoms with Crippen LogP contribution in [0.2, 0.25) is 0 Å². The second kappa shape index (κ2) is 40.1. The van der Waals surface area contributed by atoms with Crippen molar-refractivity contribution in [2.24, 2.45) is 0 Å². The van der Waals surface area contributed by atoms with Gasteiger partial charge in [-0.1, -0.05) is 0 Å². The summed E-state index contributed by atoms with van der Waals surface area (Å²) in [5, 5.41) is 0. The standard InChI is InChI=1S/ClH.Li.OS/c;;1-2/h1H;;/q;+1;/p-1. The molecule has 4 heavy (non-hydrogen) atoms. The monoisotopic (exact) mass is 90.0 g/mol. The predicted octanol–water partition coefficient (Wildman–Crippen LogP) is -6.33. The molecule has 0 rings (SSSR count). The number of hydrogen-bond acceptors (Lipinski definition) is 2. The summed E-state index contributed by atoms with van der Waals surface area (Å²) in [5.74, 6) is 0. The minimum Gasteiger partial charge on any atom is -1.00 e. The van der Waals surface area contributed by atoms with Gasteiger partial charge in [0.05, 0.1) is 0 Å². The fourth-order valence-corrected chi connectivity index (χ4v) is 0. The zero-order valence-corrected chi connectivity index (χ0v) is 3.77. The number of rotatable bonds is 0. The molecule has 0 unspecified atom stereocenters. The molecule has 0 fully saturated rings. The predicted molar refractivity (Wildman–Crippen MR) is 8.14 cm³/mol. The second-order valence-electron chi connectivity index (χ2n) is 0. The molecule has 0 heterocycles. The van der Waals surface area contributed by atoms with Crippen molar-refractivity contribution in [3.63, 3.8) is 0 Å². The third-order valence-electron chi connectivity index (χ3n) is 0. The molecule has 0 aromatic rings. The maximum absolute atomic E-state index is 7.83. The Morgan fingerprint density at radius 3 is 1.25 bits per heavy atom. The smallest absolute Gasteiger partial charge is 1.00 e. The summed E-state index contributed by atoms with van der Waals surface area (Å²) in [5.41, 5.74) is 0. The van der Waals surface area contributed by atoms with E-state index in [1.54, 1.807) is 0 Å². The average molecular weight is 90.5 g/mol. The summed E-state index contributed by atoms with van der Waals surface area (Å²) in [7, 11) is 0. The van der Waals surface area contributed by atoms with Crippen LogP contribution in [-0.4, -0.2) is 4.21 Å². The van der Waals surface area contributed by atoms with Crippen molar-refractivity contribution in [3.05, 3.63) is 0 Å². The molecule has 20 valence electrons. The maximum Gasteiger partial charge on any atom is 1.00 e. The first-order chi connectivity index (χ1) is 1.00. The molecule has 0 amide bonds. The van der Waals surface area contributed by atoms with E-state index in [0.29, 0.717) is 0 Å². The van der Waals surface area contributed by atoms with Crippen LogP contribution < -0.4 is 31.3 Å². The van der Waals surface area contributed by atoms with Crippen LogP contribution in [0.1, 0.15) is 0 Å². The second-order valence-corrected chi connectivity index (χ2v) is 0. The van der Waals surface area contributed by atoms with Gasteiger partial charge in [-0.3, -0.25) is 0 Å². The van der Waals surface area contributed by atoms with Crippen LogP contribution in [0, 0.1) is 0 Å². The van der Waals surface area contributed by atoms with E-state index < -0.39 is 0 Å². The molecule has 0 aliphatic heterocycles. The summed E-state index contributed by atoms with van der Waals surface area (Å²) >= 11 is 2.83. The van der Waals surface area contributed by atoms with Crippen LogP contribution in [0.4, 0.5) is 0 Å². The SMILES string of the molecule is O=S.[Cl-].[Li+]. The Balaban J connectivity index is -0.00000000500. The molecule has 1 nitrogen and oxygen atoms in total. The molecule has 0 spiro atoms. The minimum atomic E-state index is 0. The van der Waals surface area contributed by atoms with Crippen LogP contribution in [0.3, 0.4) is 0 Å². The molecule has 0 aliphatic rings. The molecule has 0 atom stereocenters. The van der Waals surface area contributed by atoms with Gasteiger partial charge in [0.2, 0.25) is 0 Å². The minimum absolute atomic E-state index is 0. The zero-order valence-electron chi connectivity index (χ0n) is 2.19. The van der Waals surface area contributed by atoms with E-state index in [2.05, 4.69) is 12.5 Å². The van der Waals surface area contributed by atoms with Gasteiger partial charge in [-0.25, -0.2) is 0 Å². The van der Waals surface area contributed by atoms with Crippen molar-refractivity contribution in [2.45, 2.75) is 0 Å². The summed E-state index contributed by atoms with van der Waals surface area (Å²) < 4.78 is 7.83. The normalized spacial score (nSPS) is 1.00. The van der Waals surface area contributed by atoms with Crippen molar-refractivity contribution < 1.29 is 35.5 Å². The van der Waals surface area contributed by atoms with Gasteiger partial charge in [-0.15, -0.1) is 0 Å². The van der Waals surface area contributed by atoms with E-state index >= 15 is 0 Å². The fourth-order valence-electron chi connectivity index (χ4n) is 0. The van der Waals surface area contributed by atoms with E-state index in [0.717, 1.165) is 0 Å². The summed E-state index contributed by atoms with van der Waals surface area (Å²) in [6, 6.07) is 0. The largest absolute Gasteiger partial charge is 1.00 e. The summed E-state index contributed by atoms with van der Waals surface area (Å²) in [6.07, 6.45) is 0. The molecular formula is ClLiOS. The Hall–Kier alpha value is 0.907. The molecule has 4 heteroatoms. The van der Waals surface area contributed by atoms with Gasteiger partial charge in [0.25, 0.3) is 0 Å². The molecule has 0 N–H and O–H groups in total. The Labute approximate surface area is 48.3 Å². The molecule has 0 radical (unpaired) electrons. The molecule has 0 saturated carbocycles. The van der Waals surface area contributed by atoms with Crippen LogP contribution in [0.25, 0.3) is 0 Å². The third-order valence-corrected chi connectivity index (χ3v) is 0. The molecular weight excluding hydrogens is 90.5 g/mol. The molecule has 0 aliphatic carbocycles. The Kier molecular flexibility index (Phi) is 207. The molecule has 0 aromatic heterocycles. The van der Waals surface area contributed by atoms with Crippen molar-refractivity contribution >= 4 is 12.5 Å². The van der Waals surface area contributed by atoms with Crippen molar-refractivity contribution in [3.8, 4) is 0 Å². The van der Waals surface area contributed by atoms with Crippen molar-refractivity contribution in [2.75, 3.05) is 0 Å². The van der Waals surface area contributed by atoms with Gasteiger partial charge >= 0.3 is 18.9 Å². The van der Waals surface area contributed by atoms with Gasteiger partial charge in [0.15, 0.2) is 12.5 Å². The van der Waals surface area contributed by atoms with Gasteiger partial charge in [0.1, 0.15) is 0 Å². The third kappa shape index (κ3) is 12.8.